The summed E-state index contributed by atoms with van der Waals surface area (Å²) >= 11 is 3.38. The number of amidine groups is 1. The van der Waals surface area contributed by atoms with E-state index < -0.39 is 0 Å². The molecule has 0 fully saturated rings. The predicted molar refractivity (Wildman–Crippen MR) is 70.1 cm³/mol. The van der Waals surface area contributed by atoms with Crippen molar-refractivity contribution in [1.29, 1.82) is 5.41 Å². The molecule has 1 unspecified atom stereocenters. The fourth-order valence-corrected chi connectivity index (χ4v) is 1.90. The van der Waals surface area contributed by atoms with Gasteiger partial charge in [-0.2, -0.15) is 0 Å². The number of rotatable bonds is 4. The molecule has 0 amide bonds. The van der Waals surface area contributed by atoms with Crippen molar-refractivity contribution in [2.24, 2.45) is 5.73 Å². The highest BCUT2D eigenvalue weighted by molar-refractivity contribution is 9.10. The van der Waals surface area contributed by atoms with Crippen molar-refractivity contribution in [3.05, 3.63) is 28.2 Å². The SMILES string of the molecule is CC(CO)N(C)c1ccc(C(=N)N)c(Br)c1. The maximum atomic E-state index is 9.07. The third-order valence-electron chi connectivity index (χ3n) is 2.58. The molecule has 4 N–H and O–H groups in total. The standard InChI is InChI=1S/C11H16BrN3O/c1-7(6-16)15(2)8-3-4-9(11(13)14)10(12)5-8/h3-5,7,16H,6H2,1-2H3,(H3,13,14). The molecule has 0 saturated carbocycles. The highest BCUT2D eigenvalue weighted by atomic mass is 79.9. The van der Waals surface area contributed by atoms with E-state index in [0.717, 1.165) is 10.2 Å². The third-order valence-corrected chi connectivity index (χ3v) is 3.23. The average Bonchev–Trinajstić information content (AvgIpc) is 2.26. The fourth-order valence-electron chi connectivity index (χ4n) is 1.32. The minimum atomic E-state index is 0.0382. The van der Waals surface area contributed by atoms with E-state index in [9.17, 15) is 0 Å². The van der Waals surface area contributed by atoms with Crippen LogP contribution in [-0.4, -0.2) is 30.6 Å². The zero-order valence-electron chi connectivity index (χ0n) is 9.37. The number of halogens is 1. The Labute approximate surface area is 104 Å². The van der Waals surface area contributed by atoms with Gasteiger partial charge in [0.25, 0.3) is 0 Å². The molecule has 1 aromatic carbocycles. The summed E-state index contributed by atoms with van der Waals surface area (Å²) in [4.78, 5) is 1.97. The molecule has 1 aromatic rings. The molecule has 0 saturated heterocycles. The third kappa shape index (κ3) is 2.74. The second kappa shape index (κ2) is 5.32. The molecule has 0 aliphatic carbocycles. The molecule has 16 heavy (non-hydrogen) atoms. The van der Waals surface area contributed by atoms with Gasteiger partial charge in [0, 0.05) is 28.8 Å². The van der Waals surface area contributed by atoms with Gasteiger partial charge in [0.2, 0.25) is 0 Å². The van der Waals surface area contributed by atoms with Gasteiger partial charge in [0.1, 0.15) is 5.84 Å². The molecule has 0 aliphatic heterocycles. The number of aliphatic hydroxyl groups excluding tert-OH is 1. The first-order chi connectivity index (χ1) is 7.47. The van der Waals surface area contributed by atoms with Crippen molar-refractivity contribution in [2.45, 2.75) is 13.0 Å². The molecule has 1 atom stereocenters. The smallest absolute Gasteiger partial charge is 0.123 e. The summed E-state index contributed by atoms with van der Waals surface area (Å²) in [7, 11) is 1.91. The van der Waals surface area contributed by atoms with Gasteiger partial charge in [-0.05, 0) is 41.1 Å². The van der Waals surface area contributed by atoms with Crippen molar-refractivity contribution >= 4 is 27.5 Å². The van der Waals surface area contributed by atoms with E-state index in [0.29, 0.717) is 5.56 Å². The summed E-state index contributed by atoms with van der Waals surface area (Å²) in [5.41, 5.74) is 7.07. The van der Waals surface area contributed by atoms with Crippen molar-refractivity contribution < 1.29 is 5.11 Å². The molecule has 0 radical (unpaired) electrons. The number of benzene rings is 1. The Morgan fingerprint density at radius 3 is 2.69 bits per heavy atom. The molecule has 4 nitrogen and oxygen atoms in total. The molecule has 0 bridgehead atoms. The highest BCUT2D eigenvalue weighted by Crippen LogP contribution is 2.24. The van der Waals surface area contributed by atoms with Crippen LogP contribution in [0.25, 0.3) is 0 Å². The summed E-state index contributed by atoms with van der Waals surface area (Å²) in [6, 6.07) is 5.62. The Morgan fingerprint density at radius 2 is 2.25 bits per heavy atom. The number of hydrogen-bond donors (Lipinski definition) is 3. The highest BCUT2D eigenvalue weighted by Gasteiger charge is 2.11. The Balaban J connectivity index is 3.01. The normalized spacial score (nSPS) is 12.2. The summed E-state index contributed by atoms with van der Waals surface area (Å²) in [5.74, 6) is 0.0382. The van der Waals surface area contributed by atoms with Crippen LogP contribution in [0.15, 0.2) is 22.7 Å². The van der Waals surface area contributed by atoms with Crippen LogP contribution in [0, 0.1) is 5.41 Å². The van der Waals surface area contributed by atoms with Crippen molar-refractivity contribution in [1.82, 2.24) is 0 Å². The zero-order chi connectivity index (χ0) is 12.3. The lowest BCUT2D eigenvalue weighted by Gasteiger charge is -2.25. The van der Waals surface area contributed by atoms with Crippen LogP contribution in [0.2, 0.25) is 0 Å². The Hall–Kier alpha value is -1.07. The van der Waals surface area contributed by atoms with Crippen molar-refractivity contribution in [3.8, 4) is 0 Å². The lowest BCUT2D eigenvalue weighted by Crippen LogP contribution is -2.31. The van der Waals surface area contributed by atoms with Crippen LogP contribution in [0.4, 0.5) is 5.69 Å². The van der Waals surface area contributed by atoms with Gasteiger partial charge in [-0.3, -0.25) is 5.41 Å². The van der Waals surface area contributed by atoms with Gasteiger partial charge in [0.15, 0.2) is 0 Å². The van der Waals surface area contributed by atoms with Crippen molar-refractivity contribution in [2.75, 3.05) is 18.6 Å². The van der Waals surface area contributed by atoms with Gasteiger partial charge in [-0.1, -0.05) is 0 Å². The monoisotopic (exact) mass is 285 g/mol. The molecule has 0 spiro atoms. The Kier molecular flexibility index (Phi) is 4.32. The minimum Gasteiger partial charge on any atom is -0.394 e. The molecular formula is C11H16BrN3O. The van der Waals surface area contributed by atoms with Gasteiger partial charge < -0.3 is 15.7 Å². The summed E-state index contributed by atoms with van der Waals surface area (Å²) in [6.07, 6.45) is 0. The predicted octanol–water partition coefficient (Wildman–Crippen LogP) is 1.55. The van der Waals surface area contributed by atoms with Crippen LogP contribution in [0.5, 0.6) is 0 Å². The maximum Gasteiger partial charge on any atom is 0.123 e. The summed E-state index contributed by atoms with van der Waals surface area (Å²) in [5, 5.41) is 16.4. The van der Waals surface area contributed by atoms with Crippen LogP contribution >= 0.6 is 15.9 Å². The van der Waals surface area contributed by atoms with Crippen molar-refractivity contribution in [3.63, 3.8) is 0 Å². The van der Waals surface area contributed by atoms with E-state index in [1.165, 1.54) is 0 Å². The molecule has 0 heterocycles. The number of nitrogens with zero attached hydrogens (tertiary/aromatic N) is 1. The molecule has 0 aromatic heterocycles. The van der Waals surface area contributed by atoms with E-state index in [-0.39, 0.29) is 18.5 Å². The Morgan fingerprint density at radius 1 is 1.62 bits per heavy atom. The second-order valence-corrected chi connectivity index (χ2v) is 4.57. The summed E-state index contributed by atoms with van der Waals surface area (Å²) in [6.45, 7) is 2.04. The number of hydrogen-bond acceptors (Lipinski definition) is 3. The van der Waals surface area contributed by atoms with E-state index in [1.54, 1.807) is 6.07 Å². The fraction of sp³-hybridized carbons (Fsp3) is 0.364. The molecular weight excluding hydrogens is 270 g/mol. The maximum absolute atomic E-state index is 9.07. The second-order valence-electron chi connectivity index (χ2n) is 3.72. The average molecular weight is 286 g/mol. The van der Waals surface area contributed by atoms with Crippen LogP contribution in [0.3, 0.4) is 0 Å². The van der Waals surface area contributed by atoms with Gasteiger partial charge in [-0.15, -0.1) is 0 Å². The number of likely N-dealkylation sites (N-methyl/N-ethyl adjacent to an activating group) is 1. The lowest BCUT2D eigenvalue weighted by molar-refractivity contribution is 0.270. The number of aliphatic hydroxyl groups is 1. The van der Waals surface area contributed by atoms with Gasteiger partial charge >= 0.3 is 0 Å². The van der Waals surface area contributed by atoms with Crippen LogP contribution in [0.1, 0.15) is 12.5 Å². The minimum absolute atomic E-state index is 0.0382. The van der Waals surface area contributed by atoms with Crippen LogP contribution in [-0.2, 0) is 0 Å². The Bertz CT molecular complexity index is 395. The molecule has 1 rings (SSSR count). The van der Waals surface area contributed by atoms with E-state index in [4.69, 9.17) is 16.2 Å². The van der Waals surface area contributed by atoms with Crippen LogP contribution < -0.4 is 10.6 Å². The number of nitrogens with one attached hydrogen (secondary N) is 1. The lowest BCUT2D eigenvalue weighted by atomic mass is 10.1. The van der Waals surface area contributed by atoms with E-state index in [2.05, 4.69) is 15.9 Å². The first kappa shape index (κ1) is 13.0. The quantitative estimate of drug-likeness (QED) is 0.581. The molecule has 88 valence electrons. The van der Waals surface area contributed by atoms with Gasteiger partial charge in [-0.25, -0.2) is 0 Å². The zero-order valence-corrected chi connectivity index (χ0v) is 11.0. The molecule has 0 aliphatic rings. The van der Waals surface area contributed by atoms with E-state index >= 15 is 0 Å². The first-order valence-corrected chi connectivity index (χ1v) is 5.74. The summed E-state index contributed by atoms with van der Waals surface area (Å²) < 4.78 is 0.787. The number of anilines is 1. The number of nitrogens with two attached hydrogens (primary N) is 1. The topological polar surface area (TPSA) is 73.3 Å². The first-order valence-electron chi connectivity index (χ1n) is 4.95. The van der Waals surface area contributed by atoms with Gasteiger partial charge in [0.05, 0.1) is 6.61 Å². The largest absolute Gasteiger partial charge is 0.394 e. The van der Waals surface area contributed by atoms with E-state index in [1.807, 2.05) is 31.0 Å². The number of nitrogen functional groups attached to an aromatic ring is 1. The molecule has 5 heteroatoms.